The standard InChI is InChI=1S/C18H38N/c1-4-5-6-7-8-9-10-11-12-15-19(18(2)3)16-13-14-17-19/h18H,4-17H2,1-3H3/q+1. The van der Waals surface area contributed by atoms with Gasteiger partial charge in [0.05, 0.1) is 25.7 Å². The molecule has 0 aromatic heterocycles. The Morgan fingerprint density at radius 1 is 0.737 bits per heavy atom. The highest BCUT2D eigenvalue weighted by Gasteiger charge is 2.33. The molecule has 1 saturated heterocycles. The van der Waals surface area contributed by atoms with Gasteiger partial charge in [-0.2, -0.15) is 0 Å². The largest absolute Gasteiger partial charge is 0.322 e. The van der Waals surface area contributed by atoms with Crippen LogP contribution in [0.4, 0.5) is 0 Å². The number of quaternary nitrogens is 1. The summed E-state index contributed by atoms with van der Waals surface area (Å²) in [6.45, 7) is 11.5. The molecule has 0 amide bonds. The first-order chi connectivity index (χ1) is 9.21. The van der Waals surface area contributed by atoms with E-state index in [0.717, 1.165) is 6.04 Å². The molecule has 0 N–H and O–H groups in total. The van der Waals surface area contributed by atoms with Crippen LogP contribution in [0.2, 0.25) is 0 Å². The van der Waals surface area contributed by atoms with E-state index in [-0.39, 0.29) is 0 Å². The third-order valence-electron chi connectivity index (χ3n) is 5.26. The number of unbranched alkanes of at least 4 members (excludes halogenated alkanes) is 8. The number of likely N-dealkylation sites (tertiary alicyclic amines) is 1. The average molecular weight is 269 g/mol. The van der Waals surface area contributed by atoms with Gasteiger partial charge in [-0.15, -0.1) is 0 Å². The fraction of sp³-hybridized carbons (Fsp3) is 1.00. The molecule has 1 fully saturated rings. The Hall–Kier alpha value is -0.0400. The second-order valence-corrected chi connectivity index (χ2v) is 7.02. The van der Waals surface area contributed by atoms with E-state index in [1.54, 1.807) is 0 Å². The lowest BCUT2D eigenvalue weighted by atomic mass is 10.1. The molecule has 0 spiro atoms. The quantitative estimate of drug-likeness (QED) is 0.341. The topological polar surface area (TPSA) is 0 Å². The average Bonchev–Trinajstić information content (AvgIpc) is 2.87. The highest BCUT2D eigenvalue weighted by molar-refractivity contribution is 4.59. The molecule has 1 aliphatic heterocycles. The van der Waals surface area contributed by atoms with Crippen molar-refractivity contribution in [3.05, 3.63) is 0 Å². The molecule has 1 aliphatic rings. The van der Waals surface area contributed by atoms with Gasteiger partial charge in [0, 0.05) is 12.8 Å². The maximum Gasteiger partial charge on any atom is 0.0833 e. The molecule has 0 aromatic carbocycles. The van der Waals surface area contributed by atoms with Crippen molar-refractivity contribution in [2.24, 2.45) is 0 Å². The number of hydrogen-bond donors (Lipinski definition) is 0. The Morgan fingerprint density at radius 3 is 1.68 bits per heavy atom. The predicted octanol–water partition coefficient (Wildman–Crippen LogP) is 5.54. The lowest BCUT2D eigenvalue weighted by Gasteiger charge is -2.38. The molecule has 0 unspecified atom stereocenters. The zero-order chi connectivity index (χ0) is 14.0. The lowest BCUT2D eigenvalue weighted by Crippen LogP contribution is -2.51. The van der Waals surface area contributed by atoms with E-state index in [1.165, 1.54) is 94.7 Å². The fourth-order valence-electron chi connectivity index (χ4n) is 3.70. The number of rotatable bonds is 11. The van der Waals surface area contributed by atoms with Crippen LogP contribution in [0.25, 0.3) is 0 Å². The minimum atomic E-state index is 0.844. The van der Waals surface area contributed by atoms with Crippen LogP contribution in [-0.2, 0) is 0 Å². The Morgan fingerprint density at radius 2 is 1.21 bits per heavy atom. The van der Waals surface area contributed by atoms with Gasteiger partial charge >= 0.3 is 0 Å². The molecule has 0 radical (unpaired) electrons. The minimum absolute atomic E-state index is 0.844. The molecule has 0 aromatic rings. The molecule has 1 heterocycles. The Kier molecular flexibility index (Phi) is 8.77. The highest BCUT2D eigenvalue weighted by atomic mass is 15.4. The van der Waals surface area contributed by atoms with Crippen molar-refractivity contribution in [3.63, 3.8) is 0 Å². The third kappa shape index (κ3) is 6.29. The number of nitrogens with zero attached hydrogens (tertiary/aromatic N) is 1. The maximum atomic E-state index is 2.43. The van der Waals surface area contributed by atoms with Crippen molar-refractivity contribution in [1.82, 2.24) is 0 Å². The van der Waals surface area contributed by atoms with E-state index in [2.05, 4.69) is 20.8 Å². The second-order valence-electron chi connectivity index (χ2n) is 7.02. The molecular weight excluding hydrogens is 230 g/mol. The Labute approximate surface area is 122 Å². The molecule has 0 saturated carbocycles. The SMILES string of the molecule is CCCCCCCCCCC[N+]1(C(C)C)CCCC1. The predicted molar refractivity (Wildman–Crippen MR) is 86.5 cm³/mol. The molecule has 0 aliphatic carbocycles. The van der Waals surface area contributed by atoms with Crippen LogP contribution in [0.1, 0.15) is 91.4 Å². The molecule has 19 heavy (non-hydrogen) atoms. The Bertz CT molecular complexity index is 204. The van der Waals surface area contributed by atoms with Crippen LogP contribution in [0.3, 0.4) is 0 Å². The fourth-order valence-corrected chi connectivity index (χ4v) is 3.70. The molecule has 1 heteroatoms. The summed E-state index contributed by atoms with van der Waals surface area (Å²) in [6, 6.07) is 0.844. The summed E-state index contributed by atoms with van der Waals surface area (Å²) >= 11 is 0. The summed E-state index contributed by atoms with van der Waals surface area (Å²) in [6.07, 6.45) is 16.0. The van der Waals surface area contributed by atoms with Crippen molar-refractivity contribution in [1.29, 1.82) is 0 Å². The monoisotopic (exact) mass is 268 g/mol. The van der Waals surface area contributed by atoms with Crippen LogP contribution in [0.15, 0.2) is 0 Å². The van der Waals surface area contributed by atoms with Crippen molar-refractivity contribution in [3.8, 4) is 0 Å². The summed E-state index contributed by atoms with van der Waals surface area (Å²) in [5, 5.41) is 0. The smallest absolute Gasteiger partial charge is 0.0833 e. The van der Waals surface area contributed by atoms with Gasteiger partial charge in [-0.25, -0.2) is 0 Å². The zero-order valence-electron chi connectivity index (χ0n) is 13.9. The van der Waals surface area contributed by atoms with Gasteiger partial charge in [0.25, 0.3) is 0 Å². The van der Waals surface area contributed by atoms with E-state index in [9.17, 15) is 0 Å². The van der Waals surface area contributed by atoms with Crippen molar-refractivity contribution in [2.45, 2.75) is 97.4 Å². The van der Waals surface area contributed by atoms with E-state index >= 15 is 0 Å². The molecular formula is C18H38N+. The summed E-state index contributed by atoms with van der Waals surface area (Å²) in [5.41, 5.74) is 0. The molecule has 1 nitrogen and oxygen atoms in total. The first-order valence-electron chi connectivity index (χ1n) is 9.07. The first kappa shape index (κ1) is 17.0. The van der Waals surface area contributed by atoms with Crippen molar-refractivity contribution < 1.29 is 4.48 Å². The highest BCUT2D eigenvalue weighted by Crippen LogP contribution is 2.24. The summed E-state index contributed by atoms with van der Waals surface area (Å²) in [7, 11) is 0. The van der Waals surface area contributed by atoms with Gasteiger partial charge in [-0.05, 0) is 26.7 Å². The van der Waals surface area contributed by atoms with Crippen LogP contribution < -0.4 is 0 Å². The van der Waals surface area contributed by atoms with Crippen LogP contribution in [-0.4, -0.2) is 30.2 Å². The second kappa shape index (κ2) is 9.80. The van der Waals surface area contributed by atoms with Gasteiger partial charge in [-0.1, -0.05) is 51.9 Å². The summed E-state index contributed by atoms with van der Waals surface area (Å²) < 4.78 is 1.43. The van der Waals surface area contributed by atoms with Gasteiger partial charge in [-0.3, -0.25) is 0 Å². The van der Waals surface area contributed by atoms with E-state index in [1.807, 2.05) is 0 Å². The van der Waals surface area contributed by atoms with Gasteiger partial charge in [0.1, 0.15) is 0 Å². The van der Waals surface area contributed by atoms with E-state index < -0.39 is 0 Å². The van der Waals surface area contributed by atoms with Crippen molar-refractivity contribution in [2.75, 3.05) is 19.6 Å². The van der Waals surface area contributed by atoms with Crippen molar-refractivity contribution >= 4 is 0 Å². The summed E-state index contributed by atoms with van der Waals surface area (Å²) in [5.74, 6) is 0. The minimum Gasteiger partial charge on any atom is -0.322 e. The van der Waals surface area contributed by atoms with Gasteiger partial charge in [0.15, 0.2) is 0 Å². The van der Waals surface area contributed by atoms with E-state index in [4.69, 9.17) is 0 Å². The van der Waals surface area contributed by atoms with E-state index in [0.29, 0.717) is 0 Å². The Balaban J connectivity index is 1.98. The van der Waals surface area contributed by atoms with Crippen LogP contribution in [0, 0.1) is 0 Å². The summed E-state index contributed by atoms with van der Waals surface area (Å²) in [4.78, 5) is 0. The molecule has 114 valence electrons. The third-order valence-corrected chi connectivity index (χ3v) is 5.26. The van der Waals surface area contributed by atoms with Gasteiger partial charge < -0.3 is 4.48 Å². The normalized spacial score (nSPS) is 18.3. The molecule has 1 rings (SSSR count). The zero-order valence-corrected chi connectivity index (χ0v) is 13.9. The molecule has 0 bridgehead atoms. The number of hydrogen-bond acceptors (Lipinski definition) is 0. The lowest BCUT2D eigenvalue weighted by molar-refractivity contribution is -0.937. The first-order valence-corrected chi connectivity index (χ1v) is 9.07. The van der Waals surface area contributed by atoms with Gasteiger partial charge in [0.2, 0.25) is 0 Å². The molecule has 0 atom stereocenters. The van der Waals surface area contributed by atoms with Crippen LogP contribution in [0.5, 0.6) is 0 Å². The van der Waals surface area contributed by atoms with Crippen LogP contribution >= 0.6 is 0 Å². The maximum absolute atomic E-state index is 2.43.